The molecule has 0 unspecified atom stereocenters. The van der Waals surface area contributed by atoms with Crippen LogP contribution in [0.15, 0.2) is 30.7 Å². The Kier molecular flexibility index (Phi) is 4.38. The van der Waals surface area contributed by atoms with E-state index in [1.54, 1.807) is 6.20 Å². The maximum Gasteiger partial charge on any atom is 0.408 e. The van der Waals surface area contributed by atoms with Crippen molar-refractivity contribution in [1.29, 1.82) is 0 Å². The maximum atomic E-state index is 12.8. The number of hydrogen-bond acceptors (Lipinski definition) is 6. The third-order valence-corrected chi connectivity index (χ3v) is 5.43. The normalized spacial score (nSPS) is 17.9. The molecule has 1 saturated heterocycles. The molecular formula is C19H18F3N7O2. The van der Waals surface area contributed by atoms with Gasteiger partial charge in [0.25, 0.3) is 0 Å². The second-order valence-corrected chi connectivity index (χ2v) is 7.43. The summed E-state index contributed by atoms with van der Waals surface area (Å²) in [5.74, 6) is 0.818. The molecule has 1 atom stereocenters. The molecule has 9 nitrogen and oxygen atoms in total. The van der Waals surface area contributed by atoms with Crippen LogP contribution in [-0.2, 0) is 17.9 Å². The average molecular weight is 433 g/mol. The number of amides is 1. The van der Waals surface area contributed by atoms with Crippen LogP contribution in [0.2, 0.25) is 0 Å². The molecule has 2 N–H and O–H groups in total. The second-order valence-electron chi connectivity index (χ2n) is 7.43. The first-order chi connectivity index (χ1) is 14.8. The Bertz CT molecular complexity index is 1150. The van der Waals surface area contributed by atoms with Gasteiger partial charge < -0.3 is 19.9 Å². The smallest absolute Gasteiger partial charge is 0.408 e. The lowest BCUT2D eigenvalue weighted by molar-refractivity contribution is -0.142. The topological polar surface area (TPSA) is 104 Å². The Labute approximate surface area is 174 Å². The molecule has 0 saturated carbocycles. The van der Waals surface area contributed by atoms with Gasteiger partial charge >= 0.3 is 6.18 Å². The quantitative estimate of drug-likeness (QED) is 0.673. The van der Waals surface area contributed by atoms with Crippen molar-refractivity contribution >= 4 is 11.6 Å². The van der Waals surface area contributed by atoms with Gasteiger partial charge in [-0.25, -0.2) is 14.6 Å². The summed E-state index contributed by atoms with van der Waals surface area (Å²) in [6, 6.07) is 5.18. The number of nitrogens with two attached hydrogens (primary N) is 1. The van der Waals surface area contributed by atoms with Crippen LogP contribution < -0.4 is 15.4 Å². The summed E-state index contributed by atoms with van der Waals surface area (Å²) in [6.07, 6.45) is -0.982. The molecule has 4 heterocycles. The van der Waals surface area contributed by atoms with Crippen LogP contribution in [0.1, 0.15) is 6.42 Å². The molecule has 0 spiro atoms. The molecular weight excluding hydrogens is 415 g/mol. The number of benzene rings is 1. The van der Waals surface area contributed by atoms with Crippen molar-refractivity contribution in [2.75, 3.05) is 18.1 Å². The Morgan fingerprint density at radius 3 is 2.81 bits per heavy atom. The highest BCUT2D eigenvalue weighted by Crippen LogP contribution is 2.38. The second kappa shape index (κ2) is 7.00. The zero-order valence-electron chi connectivity index (χ0n) is 16.2. The standard InChI is InChI=1S/C19H18F3N7O2/c20-19(21,22)9-29-18(24-10-25-29)13-8-27-5-6-31-15-7-11(1-2-12(15)17(27)26-13)28-4-3-14(28)16(23)30/h1-2,7-8,10,14H,3-6,9H2,(H2,23,30)/t14-/m0/s1. The van der Waals surface area contributed by atoms with Crippen LogP contribution in [0.5, 0.6) is 5.75 Å². The van der Waals surface area contributed by atoms with Gasteiger partial charge in [0.1, 0.15) is 42.8 Å². The molecule has 0 aliphatic carbocycles. The highest BCUT2D eigenvalue weighted by molar-refractivity contribution is 5.86. The Hall–Kier alpha value is -3.57. The van der Waals surface area contributed by atoms with E-state index in [2.05, 4.69) is 15.1 Å². The first-order valence-electron chi connectivity index (χ1n) is 9.65. The number of carbonyl (C=O) groups is 1. The summed E-state index contributed by atoms with van der Waals surface area (Å²) in [6.45, 7) is 0.297. The Morgan fingerprint density at radius 2 is 2.10 bits per heavy atom. The van der Waals surface area contributed by atoms with E-state index < -0.39 is 12.7 Å². The number of nitrogens with zero attached hydrogens (tertiary/aromatic N) is 6. The highest BCUT2D eigenvalue weighted by Gasteiger charge is 2.34. The summed E-state index contributed by atoms with van der Waals surface area (Å²) < 4.78 is 47.0. The van der Waals surface area contributed by atoms with E-state index in [0.29, 0.717) is 42.4 Å². The predicted molar refractivity (Wildman–Crippen MR) is 103 cm³/mol. The molecule has 12 heteroatoms. The molecule has 0 radical (unpaired) electrons. The largest absolute Gasteiger partial charge is 0.491 e. The lowest BCUT2D eigenvalue weighted by atomic mass is 10.0. The van der Waals surface area contributed by atoms with Crippen LogP contribution in [0.3, 0.4) is 0 Å². The van der Waals surface area contributed by atoms with E-state index >= 15 is 0 Å². The molecule has 2 aliphatic heterocycles. The number of halogens is 3. The van der Waals surface area contributed by atoms with Gasteiger partial charge in [-0.2, -0.15) is 18.3 Å². The number of hydrogen-bond donors (Lipinski definition) is 1. The van der Waals surface area contributed by atoms with Gasteiger partial charge in [0.2, 0.25) is 5.91 Å². The SMILES string of the molecule is NC(=O)[C@@H]1CCN1c1ccc2c(c1)OCCn1cc(-c3ncnn3CC(F)(F)F)nc1-2. The molecule has 3 aromatic rings. The number of fused-ring (bicyclic) bond motifs is 3. The van der Waals surface area contributed by atoms with Crippen LogP contribution in [0.25, 0.3) is 22.9 Å². The molecule has 1 amide bonds. The molecule has 1 fully saturated rings. The van der Waals surface area contributed by atoms with Crippen molar-refractivity contribution in [2.45, 2.75) is 31.7 Å². The van der Waals surface area contributed by atoms with Crippen molar-refractivity contribution in [2.24, 2.45) is 5.73 Å². The van der Waals surface area contributed by atoms with Gasteiger partial charge in [0.05, 0.1) is 12.1 Å². The third kappa shape index (κ3) is 3.47. The Balaban J connectivity index is 1.50. The van der Waals surface area contributed by atoms with E-state index in [0.717, 1.165) is 23.2 Å². The number of aromatic nitrogens is 5. The lowest BCUT2D eigenvalue weighted by Gasteiger charge is -2.40. The van der Waals surface area contributed by atoms with Gasteiger partial charge in [0.15, 0.2) is 5.82 Å². The summed E-state index contributed by atoms with van der Waals surface area (Å²) in [5.41, 5.74) is 7.26. The summed E-state index contributed by atoms with van der Waals surface area (Å²) in [5, 5.41) is 3.68. The van der Waals surface area contributed by atoms with E-state index in [-0.39, 0.29) is 17.8 Å². The number of rotatable bonds is 4. The van der Waals surface area contributed by atoms with E-state index in [4.69, 9.17) is 10.5 Å². The average Bonchev–Trinajstić information content (AvgIpc) is 3.22. The van der Waals surface area contributed by atoms with Gasteiger partial charge in [-0.05, 0) is 18.6 Å². The fraction of sp³-hybridized carbons (Fsp3) is 0.368. The molecule has 1 aromatic carbocycles. The molecule has 162 valence electrons. The molecule has 31 heavy (non-hydrogen) atoms. The van der Waals surface area contributed by atoms with Crippen molar-refractivity contribution < 1.29 is 22.7 Å². The molecule has 0 bridgehead atoms. The zero-order valence-corrected chi connectivity index (χ0v) is 16.2. The summed E-state index contributed by atoms with van der Waals surface area (Å²) in [4.78, 5) is 22.0. The number of alkyl halides is 3. The van der Waals surface area contributed by atoms with Crippen molar-refractivity contribution in [3.8, 4) is 28.7 Å². The van der Waals surface area contributed by atoms with E-state index in [1.807, 2.05) is 27.7 Å². The first kappa shape index (κ1) is 19.4. The van der Waals surface area contributed by atoms with Gasteiger partial charge in [-0.15, -0.1) is 0 Å². The van der Waals surface area contributed by atoms with Crippen molar-refractivity contribution in [3.63, 3.8) is 0 Å². The highest BCUT2D eigenvalue weighted by atomic mass is 19.4. The van der Waals surface area contributed by atoms with E-state index in [1.165, 1.54) is 0 Å². The maximum absolute atomic E-state index is 12.8. The minimum atomic E-state index is -4.42. The van der Waals surface area contributed by atoms with Crippen molar-refractivity contribution in [3.05, 3.63) is 30.7 Å². The predicted octanol–water partition coefficient (Wildman–Crippen LogP) is 1.83. The van der Waals surface area contributed by atoms with Gasteiger partial charge in [0, 0.05) is 24.5 Å². The number of ether oxygens (including phenoxy) is 1. The fourth-order valence-corrected chi connectivity index (χ4v) is 3.90. The number of primary amides is 1. The summed E-state index contributed by atoms with van der Waals surface area (Å²) >= 11 is 0. The number of imidazole rings is 1. The number of anilines is 1. The Morgan fingerprint density at radius 1 is 1.26 bits per heavy atom. The number of carbonyl (C=O) groups excluding carboxylic acids is 1. The summed E-state index contributed by atoms with van der Waals surface area (Å²) in [7, 11) is 0. The van der Waals surface area contributed by atoms with Crippen molar-refractivity contribution in [1.82, 2.24) is 24.3 Å². The fourth-order valence-electron chi connectivity index (χ4n) is 3.90. The minimum Gasteiger partial charge on any atom is -0.491 e. The monoisotopic (exact) mass is 433 g/mol. The minimum absolute atomic E-state index is 0.0434. The van der Waals surface area contributed by atoms with Crippen LogP contribution in [0, 0.1) is 0 Å². The van der Waals surface area contributed by atoms with Gasteiger partial charge in [-0.1, -0.05) is 0 Å². The molecule has 2 aliphatic rings. The zero-order chi connectivity index (χ0) is 21.8. The lowest BCUT2D eigenvalue weighted by Crippen LogP contribution is -2.55. The van der Waals surface area contributed by atoms with Crippen LogP contribution >= 0.6 is 0 Å². The first-order valence-corrected chi connectivity index (χ1v) is 9.65. The third-order valence-electron chi connectivity index (χ3n) is 5.43. The molecule has 2 aromatic heterocycles. The van der Waals surface area contributed by atoms with E-state index in [9.17, 15) is 18.0 Å². The van der Waals surface area contributed by atoms with Crippen LogP contribution in [-0.4, -0.2) is 55.6 Å². The molecule has 5 rings (SSSR count). The van der Waals surface area contributed by atoms with Gasteiger partial charge in [-0.3, -0.25) is 4.79 Å². The van der Waals surface area contributed by atoms with Crippen LogP contribution in [0.4, 0.5) is 18.9 Å².